The van der Waals surface area contributed by atoms with Crippen LogP contribution in [0.5, 0.6) is 0 Å². The Kier molecular flexibility index (Phi) is 5.56. The van der Waals surface area contributed by atoms with Crippen LogP contribution >= 0.6 is 11.8 Å². The quantitative estimate of drug-likeness (QED) is 0.581. The summed E-state index contributed by atoms with van der Waals surface area (Å²) in [5.41, 5.74) is 0. The number of hydrogen-bond donors (Lipinski definition) is 0. The van der Waals surface area contributed by atoms with Crippen molar-refractivity contribution < 1.29 is 14.3 Å². The third-order valence-electron chi connectivity index (χ3n) is 1.69. The first-order chi connectivity index (χ1) is 7.72. The lowest BCUT2D eigenvalue weighted by Gasteiger charge is -2.00. The number of carbonyl (C=O) groups is 2. The van der Waals surface area contributed by atoms with Crippen LogP contribution in [0.1, 0.15) is 19.8 Å². The molecule has 16 heavy (non-hydrogen) atoms. The van der Waals surface area contributed by atoms with Crippen LogP contribution in [0.25, 0.3) is 0 Å². The summed E-state index contributed by atoms with van der Waals surface area (Å²) in [7, 11) is 0. The van der Waals surface area contributed by atoms with Gasteiger partial charge in [0.2, 0.25) is 0 Å². The van der Waals surface area contributed by atoms with Crippen molar-refractivity contribution >= 4 is 22.8 Å². The highest BCUT2D eigenvalue weighted by atomic mass is 32.2. The Bertz CT molecular complexity index is 354. The molecule has 0 aromatic carbocycles. The van der Waals surface area contributed by atoms with Crippen molar-refractivity contribution in [1.82, 2.24) is 4.98 Å². The lowest BCUT2D eigenvalue weighted by atomic mass is 10.3. The van der Waals surface area contributed by atoms with Gasteiger partial charge in [-0.2, -0.15) is 0 Å². The van der Waals surface area contributed by atoms with Crippen molar-refractivity contribution in [1.29, 1.82) is 0 Å². The van der Waals surface area contributed by atoms with Crippen LogP contribution in [0.15, 0.2) is 29.4 Å². The summed E-state index contributed by atoms with van der Waals surface area (Å²) in [6.07, 6.45) is 1.94. The number of rotatable bonds is 5. The molecular formula is C11H13NO3S. The standard InChI is InChI=1S/C11H13NO3S/c1-2-15-10(13)6-7-11(14)16-9-5-3-4-8-12-9/h3-5,8H,2,6-7H2,1H3. The number of esters is 1. The van der Waals surface area contributed by atoms with Gasteiger partial charge in [-0.3, -0.25) is 9.59 Å². The fourth-order valence-corrected chi connectivity index (χ4v) is 1.71. The molecule has 86 valence electrons. The molecule has 1 aromatic rings. The van der Waals surface area contributed by atoms with Gasteiger partial charge in [0, 0.05) is 12.6 Å². The van der Waals surface area contributed by atoms with Crippen molar-refractivity contribution in [3.63, 3.8) is 0 Å². The number of nitrogens with zero attached hydrogens (tertiary/aromatic N) is 1. The molecule has 5 heteroatoms. The zero-order valence-electron chi connectivity index (χ0n) is 9.01. The highest BCUT2D eigenvalue weighted by molar-refractivity contribution is 8.13. The summed E-state index contributed by atoms with van der Waals surface area (Å²) in [5, 5.41) is 0.572. The number of pyridine rings is 1. The Balaban J connectivity index is 2.29. The minimum atomic E-state index is -0.336. The first kappa shape index (κ1) is 12.7. The van der Waals surface area contributed by atoms with E-state index in [4.69, 9.17) is 4.74 Å². The molecule has 0 amide bonds. The Hall–Kier alpha value is -1.36. The minimum Gasteiger partial charge on any atom is -0.466 e. The lowest BCUT2D eigenvalue weighted by molar-refractivity contribution is -0.143. The van der Waals surface area contributed by atoms with Gasteiger partial charge in [0.15, 0.2) is 5.12 Å². The van der Waals surface area contributed by atoms with E-state index in [0.29, 0.717) is 11.6 Å². The van der Waals surface area contributed by atoms with Crippen molar-refractivity contribution in [2.24, 2.45) is 0 Å². The second-order valence-corrected chi connectivity index (χ2v) is 4.02. The molecule has 0 saturated heterocycles. The van der Waals surface area contributed by atoms with Crippen LogP contribution in [-0.4, -0.2) is 22.7 Å². The third kappa shape index (κ3) is 4.93. The molecule has 4 nitrogen and oxygen atoms in total. The van der Waals surface area contributed by atoms with Crippen LogP contribution in [0.3, 0.4) is 0 Å². The van der Waals surface area contributed by atoms with E-state index in [1.807, 2.05) is 6.07 Å². The van der Waals surface area contributed by atoms with Crippen molar-refractivity contribution in [2.75, 3.05) is 6.61 Å². The zero-order chi connectivity index (χ0) is 11.8. The van der Waals surface area contributed by atoms with Crippen LogP contribution in [0.2, 0.25) is 0 Å². The molecule has 1 heterocycles. The molecule has 0 aliphatic heterocycles. The zero-order valence-corrected chi connectivity index (χ0v) is 9.83. The molecule has 0 aliphatic rings. The summed E-state index contributed by atoms with van der Waals surface area (Å²) >= 11 is 1.05. The van der Waals surface area contributed by atoms with E-state index in [9.17, 15) is 9.59 Å². The Morgan fingerprint density at radius 3 is 2.81 bits per heavy atom. The fraction of sp³-hybridized carbons (Fsp3) is 0.364. The van der Waals surface area contributed by atoms with Gasteiger partial charge >= 0.3 is 5.97 Å². The molecule has 0 atom stereocenters. The van der Waals surface area contributed by atoms with Gasteiger partial charge < -0.3 is 4.74 Å². The first-order valence-electron chi connectivity index (χ1n) is 4.99. The van der Waals surface area contributed by atoms with E-state index in [2.05, 4.69) is 4.98 Å². The largest absolute Gasteiger partial charge is 0.466 e. The molecule has 0 spiro atoms. The molecule has 0 aliphatic carbocycles. The summed E-state index contributed by atoms with van der Waals surface area (Å²) in [5.74, 6) is -0.336. The summed E-state index contributed by atoms with van der Waals surface area (Å²) < 4.78 is 4.73. The van der Waals surface area contributed by atoms with Crippen molar-refractivity contribution in [3.05, 3.63) is 24.4 Å². The number of hydrogen-bond acceptors (Lipinski definition) is 5. The predicted octanol–water partition coefficient (Wildman–Crippen LogP) is 2.04. The highest BCUT2D eigenvalue weighted by Gasteiger charge is 2.09. The van der Waals surface area contributed by atoms with Crippen molar-refractivity contribution in [2.45, 2.75) is 24.8 Å². The van der Waals surface area contributed by atoms with Gasteiger partial charge in [-0.15, -0.1) is 0 Å². The second kappa shape index (κ2) is 7.00. The predicted molar refractivity (Wildman–Crippen MR) is 61.0 cm³/mol. The average Bonchev–Trinajstić information content (AvgIpc) is 2.28. The number of ether oxygens (including phenoxy) is 1. The summed E-state index contributed by atoms with van der Waals surface area (Å²) in [6.45, 7) is 2.09. The van der Waals surface area contributed by atoms with E-state index < -0.39 is 0 Å². The minimum absolute atomic E-state index is 0.0771. The SMILES string of the molecule is CCOC(=O)CCC(=O)Sc1ccccn1. The van der Waals surface area contributed by atoms with Gasteiger partial charge in [0.05, 0.1) is 13.0 Å². The van der Waals surface area contributed by atoms with Gasteiger partial charge in [-0.1, -0.05) is 6.07 Å². The Morgan fingerprint density at radius 2 is 2.19 bits per heavy atom. The van der Waals surface area contributed by atoms with Crippen LogP contribution < -0.4 is 0 Å². The molecular weight excluding hydrogens is 226 g/mol. The summed E-state index contributed by atoms with van der Waals surface area (Å²) in [4.78, 5) is 26.4. The van der Waals surface area contributed by atoms with E-state index in [1.54, 1.807) is 25.3 Å². The maximum atomic E-state index is 11.4. The van der Waals surface area contributed by atoms with Gasteiger partial charge in [-0.05, 0) is 30.8 Å². The number of carbonyl (C=O) groups excluding carboxylic acids is 2. The molecule has 0 radical (unpaired) electrons. The Morgan fingerprint density at radius 1 is 1.38 bits per heavy atom. The molecule has 0 bridgehead atoms. The lowest BCUT2D eigenvalue weighted by Crippen LogP contribution is -2.05. The smallest absolute Gasteiger partial charge is 0.306 e. The van der Waals surface area contributed by atoms with Crippen molar-refractivity contribution in [3.8, 4) is 0 Å². The van der Waals surface area contributed by atoms with Gasteiger partial charge in [-0.25, -0.2) is 4.98 Å². The molecule has 0 fully saturated rings. The maximum absolute atomic E-state index is 11.4. The van der Waals surface area contributed by atoms with Crippen LogP contribution in [-0.2, 0) is 14.3 Å². The molecule has 0 unspecified atom stereocenters. The topological polar surface area (TPSA) is 56.3 Å². The molecule has 0 saturated carbocycles. The van der Waals surface area contributed by atoms with E-state index in [-0.39, 0.29) is 23.9 Å². The normalized spacial score (nSPS) is 9.81. The summed E-state index contributed by atoms with van der Waals surface area (Å²) in [6, 6.07) is 5.36. The van der Waals surface area contributed by atoms with Crippen LogP contribution in [0, 0.1) is 0 Å². The monoisotopic (exact) mass is 239 g/mol. The van der Waals surface area contributed by atoms with E-state index in [1.165, 1.54) is 0 Å². The van der Waals surface area contributed by atoms with Crippen LogP contribution in [0.4, 0.5) is 0 Å². The average molecular weight is 239 g/mol. The highest BCUT2D eigenvalue weighted by Crippen LogP contribution is 2.17. The molecule has 0 N–H and O–H groups in total. The van der Waals surface area contributed by atoms with Gasteiger partial charge in [0.25, 0.3) is 0 Å². The Labute approximate surface area is 98.4 Å². The van der Waals surface area contributed by atoms with Gasteiger partial charge in [0.1, 0.15) is 5.03 Å². The molecule has 1 rings (SSSR count). The third-order valence-corrected chi connectivity index (χ3v) is 2.58. The number of thioether (sulfide) groups is 1. The maximum Gasteiger partial charge on any atom is 0.306 e. The first-order valence-corrected chi connectivity index (χ1v) is 5.81. The van der Waals surface area contributed by atoms with E-state index >= 15 is 0 Å². The van der Waals surface area contributed by atoms with E-state index in [0.717, 1.165) is 11.8 Å². The number of aromatic nitrogens is 1. The molecule has 1 aromatic heterocycles. The second-order valence-electron chi connectivity index (χ2n) is 2.95. The fourth-order valence-electron chi connectivity index (χ4n) is 1.01.